The molecule has 5 heteroatoms. The highest BCUT2D eigenvalue weighted by Crippen LogP contribution is 2.26. The quantitative estimate of drug-likeness (QED) is 0.250. The maximum atomic E-state index is 12.5. The van der Waals surface area contributed by atoms with Gasteiger partial charge < -0.3 is 9.30 Å². The van der Waals surface area contributed by atoms with Crippen molar-refractivity contribution in [2.75, 3.05) is 0 Å². The van der Waals surface area contributed by atoms with Gasteiger partial charge in [0.2, 0.25) is 0 Å². The van der Waals surface area contributed by atoms with Crippen LogP contribution in [0, 0.1) is 0 Å². The molecule has 5 aromatic rings. The molecule has 0 N–H and O–H groups in total. The van der Waals surface area contributed by atoms with Gasteiger partial charge in [-0.15, -0.1) is 11.3 Å². The van der Waals surface area contributed by atoms with E-state index in [1.807, 2.05) is 72.1 Å². The average Bonchev–Trinajstić information content (AvgIpc) is 3.37. The zero-order valence-electron chi connectivity index (χ0n) is 17.1. The minimum absolute atomic E-state index is 0.0222. The van der Waals surface area contributed by atoms with Crippen LogP contribution in [0.1, 0.15) is 15.2 Å². The SMILES string of the molecule is O=C(Oc1ccc(-c2ccc3c(ccc(=O)n3Cc3ccccc3)c2)cc1)c1cccs1. The van der Waals surface area contributed by atoms with Gasteiger partial charge >= 0.3 is 5.97 Å². The van der Waals surface area contributed by atoms with E-state index in [0.29, 0.717) is 17.2 Å². The summed E-state index contributed by atoms with van der Waals surface area (Å²) in [4.78, 5) is 25.2. The Morgan fingerprint density at radius 1 is 0.812 bits per heavy atom. The van der Waals surface area contributed by atoms with Crippen molar-refractivity contribution in [1.82, 2.24) is 4.57 Å². The summed E-state index contributed by atoms with van der Waals surface area (Å²) in [5.74, 6) is 0.152. The highest BCUT2D eigenvalue weighted by Gasteiger charge is 2.10. The lowest BCUT2D eigenvalue weighted by molar-refractivity contribution is 0.0740. The Bertz CT molecular complexity index is 1440. The molecule has 0 bridgehead atoms. The second-order valence-electron chi connectivity index (χ2n) is 7.41. The van der Waals surface area contributed by atoms with Gasteiger partial charge in [-0.05, 0) is 63.9 Å². The van der Waals surface area contributed by atoms with Crippen LogP contribution in [-0.4, -0.2) is 10.5 Å². The molecule has 0 saturated heterocycles. The number of hydrogen-bond donors (Lipinski definition) is 0. The fourth-order valence-corrected chi connectivity index (χ4v) is 4.28. The molecule has 0 saturated carbocycles. The molecule has 0 fully saturated rings. The van der Waals surface area contributed by atoms with Gasteiger partial charge in [0, 0.05) is 6.07 Å². The monoisotopic (exact) mass is 437 g/mol. The van der Waals surface area contributed by atoms with Gasteiger partial charge in [-0.2, -0.15) is 0 Å². The average molecular weight is 438 g/mol. The first-order valence-electron chi connectivity index (χ1n) is 10.2. The van der Waals surface area contributed by atoms with Crippen LogP contribution >= 0.6 is 11.3 Å². The number of thiophene rings is 1. The molecule has 2 heterocycles. The summed E-state index contributed by atoms with van der Waals surface area (Å²) in [7, 11) is 0. The summed E-state index contributed by atoms with van der Waals surface area (Å²) in [5.41, 5.74) is 3.98. The lowest BCUT2D eigenvalue weighted by Gasteiger charge is -2.12. The molecule has 0 unspecified atom stereocenters. The minimum Gasteiger partial charge on any atom is -0.422 e. The summed E-state index contributed by atoms with van der Waals surface area (Å²) in [6.07, 6.45) is 0. The number of rotatable bonds is 5. The smallest absolute Gasteiger partial charge is 0.353 e. The number of esters is 1. The Kier molecular flexibility index (Phi) is 5.40. The van der Waals surface area contributed by atoms with E-state index < -0.39 is 0 Å². The molecule has 0 amide bonds. The fraction of sp³-hybridized carbons (Fsp3) is 0.0370. The number of pyridine rings is 1. The normalized spacial score (nSPS) is 10.9. The molecule has 156 valence electrons. The molecular weight excluding hydrogens is 418 g/mol. The Hall–Kier alpha value is -3.96. The predicted molar refractivity (Wildman–Crippen MR) is 128 cm³/mol. The first-order valence-corrected chi connectivity index (χ1v) is 11.1. The topological polar surface area (TPSA) is 48.3 Å². The number of ether oxygens (including phenoxy) is 1. The highest BCUT2D eigenvalue weighted by atomic mass is 32.1. The van der Waals surface area contributed by atoms with E-state index in [9.17, 15) is 9.59 Å². The van der Waals surface area contributed by atoms with Crippen molar-refractivity contribution in [2.45, 2.75) is 6.54 Å². The van der Waals surface area contributed by atoms with Crippen molar-refractivity contribution in [3.63, 3.8) is 0 Å². The van der Waals surface area contributed by atoms with Gasteiger partial charge in [-0.3, -0.25) is 4.79 Å². The Morgan fingerprint density at radius 3 is 2.34 bits per heavy atom. The third-order valence-electron chi connectivity index (χ3n) is 5.29. The first-order chi connectivity index (χ1) is 15.7. The lowest BCUT2D eigenvalue weighted by atomic mass is 10.0. The molecule has 32 heavy (non-hydrogen) atoms. The maximum absolute atomic E-state index is 12.5. The third-order valence-corrected chi connectivity index (χ3v) is 6.14. The van der Waals surface area contributed by atoms with Gasteiger partial charge in [-0.25, -0.2) is 4.79 Å². The summed E-state index contributed by atoms with van der Waals surface area (Å²) in [6, 6.07) is 30.5. The van der Waals surface area contributed by atoms with E-state index in [-0.39, 0.29) is 11.5 Å². The number of hydrogen-bond acceptors (Lipinski definition) is 4. The number of aromatic nitrogens is 1. The van der Waals surface area contributed by atoms with Crippen molar-refractivity contribution >= 4 is 28.2 Å². The summed E-state index contributed by atoms with van der Waals surface area (Å²) < 4.78 is 7.23. The molecule has 0 atom stereocenters. The molecule has 0 aliphatic heterocycles. The molecule has 4 nitrogen and oxygen atoms in total. The number of fused-ring (bicyclic) bond motifs is 1. The van der Waals surface area contributed by atoms with Crippen molar-refractivity contribution < 1.29 is 9.53 Å². The van der Waals surface area contributed by atoms with Crippen LogP contribution in [0.2, 0.25) is 0 Å². The molecule has 3 aromatic carbocycles. The molecule has 5 rings (SSSR count). The standard InChI is InChI=1S/C27H19NO3S/c29-26-15-11-22-17-21(10-14-24(22)28(26)18-19-5-2-1-3-6-19)20-8-12-23(13-9-20)31-27(30)25-7-4-16-32-25/h1-17H,18H2. The van der Waals surface area contributed by atoms with E-state index in [2.05, 4.69) is 6.07 Å². The van der Waals surface area contributed by atoms with Crippen molar-refractivity contribution in [2.24, 2.45) is 0 Å². The van der Waals surface area contributed by atoms with Gasteiger partial charge in [0.25, 0.3) is 5.56 Å². The molecule has 0 radical (unpaired) electrons. The van der Waals surface area contributed by atoms with Crippen LogP contribution in [0.25, 0.3) is 22.0 Å². The van der Waals surface area contributed by atoms with Crippen LogP contribution in [0.5, 0.6) is 5.75 Å². The zero-order valence-corrected chi connectivity index (χ0v) is 17.9. The van der Waals surface area contributed by atoms with Crippen molar-refractivity contribution in [3.8, 4) is 16.9 Å². The van der Waals surface area contributed by atoms with Gasteiger partial charge in [0.05, 0.1) is 12.1 Å². The number of nitrogens with zero attached hydrogens (tertiary/aromatic N) is 1. The lowest BCUT2D eigenvalue weighted by Crippen LogP contribution is -2.19. The van der Waals surface area contributed by atoms with Crippen LogP contribution in [0.15, 0.2) is 107 Å². The third kappa shape index (κ3) is 4.11. The second kappa shape index (κ2) is 8.65. The molecule has 0 spiro atoms. The molecular formula is C27H19NO3S. The summed E-state index contributed by atoms with van der Waals surface area (Å²) >= 11 is 1.36. The zero-order chi connectivity index (χ0) is 21.9. The van der Waals surface area contributed by atoms with Crippen molar-refractivity contribution in [1.29, 1.82) is 0 Å². The van der Waals surface area contributed by atoms with Crippen LogP contribution < -0.4 is 10.3 Å². The van der Waals surface area contributed by atoms with Crippen LogP contribution in [0.4, 0.5) is 0 Å². The summed E-state index contributed by atoms with van der Waals surface area (Å²) in [5, 5.41) is 2.84. The van der Waals surface area contributed by atoms with Gasteiger partial charge in [0.1, 0.15) is 10.6 Å². The summed E-state index contributed by atoms with van der Waals surface area (Å²) in [6.45, 7) is 0.528. The van der Waals surface area contributed by atoms with E-state index in [1.165, 1.54) is 11.3 Å². The fourth-order valence-electron chi connectivity index (χ4n) is 3.68. The van der Waals surface area contributed by atoms with Gasteiger partial charge in [0.15, 0.2) is 0 Å². The van der Waals surface area contributed by atoms with Gasteiger partial charge in [-0.1, -0.05) is 54.6 Å². The number of carbonyl (C=O) groups is 1. The maximum Gasteiger partial charge on any atom is 0.353 e. The van der Waals surface area contributed by atoms with E-state index in [1.54, 1.807) is 28.8 Å². The Balaban J connectivity index is 1.42. The predicted octanol–water partition coefficient (Wildman–Crippen LogP) is 6.00. The Labute approximate surface area is 189 Å². The number of benzene rings is 3. The minimum atomic E-state index is -0.352. The molecule has 0 aliphatic rings. The van der Waals surface area contributed by atoms with Crippen LogP contribution in [0.3, 0.4) is 0 Å². The molecule has 0 aliphatic carbocycles. The van der Waals surface area contributed by atoms with E-state index in [0.717, 1.165) is 27.6 Å². The molecule has 2 aromatic heterocycles. The largest absolute Gasteiger partial charge is 0.422 e. The Morgan fingerprint density at radius 2 is 1.59 bits per heavy atom. The second-order valence-corrected chi connectivity index (χ2v) is 8.36. The van der Waals surface area contributed by atoms with E-state index in [4.69, 9.17) is 4.74 Å². The van der Waals surface area contributed by atoms with Crippen LogP contribution in [-0.2, 0) is 6.54 Å². The van der Waals surface area contributed by atoms with Crippen molar-refractivity contribution in [3.05, 3.63) is 123 Å². The van der Waals surface area contributed by atoms with E-state index >= 15 is 0 Å². The number of carbonyl (C=O) groups excluding carboxylic acids is 1. The first kappa shape index (κ1) is 20.0. The highest BCUT2D eigenvalue weighted by molar-refractivity contribution is 7.12.